The molecule has 1 aromatic heterocycles. The van der Waals surface area contributed by atoms with Gasteiger partial charge >= 0.3 is 6.36 Å². The predicted molar refractivity (Wildman–Crippen MR) is 154 cm³/mol. The van der Waals surface area contributed by atoms with E-state index in [1.807, 2.05) is 22.8 Å². The summed E-state index contributed by atoms with van der Waals surface area (Å²) in [5.41, 5.74) is 10.9. The Morgan fingerprint density at radius 2 is 1.50 bits per heavy atom. The number of aryl methyl sites for hydroxylation is 1. The molecule has 0 bridgehead atoms. The van der Waals surface area contributed by atoms with Gasteiger partial charge in [0, 0.05) is 72.1 Å². The Morgan fingerprint density at radius 1 is 0.850 bits per heavy atom. The summed E-state index contributed by atoms with van der Waals surface area (Å²) in [7, 11) is 0. The fourth-order valence-corrected chi connectivity index (χ4v) is 5.74. The average Bonchev–Trinajstić information content (AvgIpc) is 3.28. The highest BCUT2D eigenvalue weighted by atomic mass is 35.5. The lowest BCUT2D eigenvalue weighted by Crippen LogP contribution is -2.45. The van der Waals surface area contributed by atoms with Crippen molar-refractivity contribution in [2.75, 3.05) is 32.7 Å². The zero-order valence-electron chi connectivity index (χ0n) is 21.9. The molecule has 0 aliphatic carbocycles. The monoisotopic (exact) mass is 590 g/mol. The molecule has 1 fully saturated rings. The number of nitrogens with zero attached hydrogens (tertiary/aromatic N) is 3. The second kappa shape index (κ2) is 12.4. The Labute approximate surface area is 241 Å². The third kappa shape index (κ3) is 6.93. The van der Waals surface area contributed by atoms with Crippen molar-refractivity contribution in [2.24, 2.45) is 5.73 Å². The van der Waals surface area contributed by atoms with Crippen molar-refractivity contribution in [3.8, 4) is 11.4 Å². The van der Waals surface area contributed by atoms with Gasteiger partial charge in [-0.05, 0) is 73.0 Å². The molecule has 1 aliphatic heterocycles. The van der Waals surface area contributed by atoms with Gasteiger partial charge in [-0.25, -0.2) is 0 Å². The highest BCUT2D eigenvalue weighted by molar-refractivity contribution is 6.35. The topological polar surface area (TPSA) is 46.7 Å². The molecule has 1 saturated heterocycles. The van der Waals surface area contributed by atoms with Gasteiger partial charge in [0.25, 0.3) is 0 Å². The molecular weight excluding hydrogens is 560 g/mol. The van der Waals surface area contributed by atoms with Gasteiger partial charge in [-0.3, -0.25) is 9.80 Å². The standard InChI is InChI=1S/C30H31Cl2F3N4O/c31-27-4-1-5-28(32)26(27)20-38-15-13-37(14-16-38)18-21-6-11-25-22(3-2-12-36)19-39(29(25)17-21)23-7-9-24(10-8-23)40-30(33,34)35/h1,4-11,17,19H,2-3,12-16,18,20,36H2. The number of halogens is 5. The average molecular weight is 592 g/mol. The van der Waals surface area contributed by atoms with Crippen LogP contribution in [0.5, 0.6) is 5.75 Å². The molecule has 0 saturated carbocycles. The molecule has 5 nitrogen and oxygen atoms in total. The van der Waals surface area contributed by atoms with Gasteiger partial charge in [0.05, 0.1) is 5.52 Å². The SMILES string of the molecule is NCCCc1cn(-c2ccc(OC(F)(F)F)cc2)c2cc(CN3CCN(Cc4c(Cl)cccc4Cl)CC3)ccc12. The van der Waals surface area contributed by atoms with Gasteiger partial charge in [0.1, 0.15) is 5.75 Å². The minimum atomic E-state index is -4.72. The number of hydrogen-bond acceptors (Lipinski definition) is 4. The predicted octanol–water partition coefficient (Wildman–Crippen LogP) is 7.05. The first-order valence-corrected chi connectivity index (χ1v) is 14.0. The van der Waals surface area contributed by atoms with Crippen LogP contribution in [0, 0.1) is 0 Å². The smallest absolute Gasteiger partial charge is 0.406 e. The minimum absolute atomic E-state index is 0.243. The molecular formula is C30H31Cl2F3N4O. The van der Waals surface area contributed by atoms with E-state index in [1.54, 1.807) is 12.1 Å². The van der Waals surface area contributed by atoms with Crippen LogP contribution >= 0.6 is 23.2 Å². The summed E-state index contributed by atoms with van der Waals surface area (Å²) < 4.78 is 44.0. The number of alkyl halides is 3. The molecule has 2 N–H and O–H groups in total. The zero-order chi connectivity index (χ0) is 28.3. The van der Waals surface area contributed by atoms with Crippen molar-refractivity contribution < 1.29 is 17.9 Å². The third-order valence-corrected chi connectivity index (χ3v) is 7.97. The van der Waals surface area contributed by atoms with E-state index in [2.05, 4.69) is 38.9 Å². The maximum atomic E-state index is 12.6. The molecule has 4 aromatic rings. The molecule has 40 heavy (non-hydrogen) atoms. The fourth-order valence-electron chi connectivity index (χ4n) is 5.23. The van der Waals surface area contributed by atoms with E-state index in [1.165, 1.54) is 17.7 Å². The van der Waals surface area contributed by atoms with Crippen LogP contribution in [0.2, 0.25) is 10.0 Å². The van der Waals surface area contributed by atoms with Gasteiger partial charge in [0.2, 0.25) is 0 Å². The Kier molecular flexibility index (Phi) is 8.92. The number of ether oxygens (including phenoxy) is 1. The van der Waals surface area contributed by atoms with Gasteiger partial charge in [-0.2, -0.15) is 0 Å². The largest absolute Gasteiger partial charge is 0.573 e. The van der Waals surface area contributed by atoms with E-state index in [9.17, 15) is 13.2 Å². The van der Waals surface area contributed by atoms with Gasteiger partial charge in [-0.1, -0.05) is 41.4 Å². The van der Waals surface area contributed by atoms with Crippen LogP contribution < -0.4 is 10.5 Å². The lowest BCUT2D eigenvalue weighted by atomic mass is 10.1. The molecule has 3 aromatic carbocycles. The van der Waals surface area contributed by atoms with Crippen LogP contribution in [0.3, 0.4) is 0 Å². The molecule has 5 rings (SSSR count). The number of benzene rings is 3. The van der Waals surface area contributed by atoms with Gasteiger partial charge in [-0.15, -0.1) is 13.2 Å². The Morgan fingerprint density at radius 3 is 2.12 bits per heavy atom. The summed E-state index contributed by atoms with van der Waals surface area (Å²) in [5.74, 6) is -0.243. The minimum Gasteiger partial charge on any atom is -0.406 e. The number of fused-ring (bicyclic) bond motifs is 1. The highest BCUT2D eigenvalue weighted by Gasteiger charge is 2.31. The van der Waals surface area contributed by atoms with Crippen molar-refractivity contribution in [3.05, 3.63) is 93.6 Å². The van der Waals surface area contributed by atoms with Crippen molar-refractivity contribution in [3.63, 3.8) is 0 Å². The first-order valence-electron chi connectivity index (χ1n) is 13.3. The lowest BCUT2D eigenvalue weighted by Gasteiger charge is -2.35. The van der Waals surface area contributed by atoms with Crippen LogP contribution in [-0.4, -0.2) is 53.5 Å². The number of nitrogens with two attached hydrogens (primary N) is 1. The van der Waals surface area contributed by atoms with E-state index in [-0.39, 0.29) is 5.75 Å². The molecule has 2 heterocycles. The quantitative estimate of drug-likeness (QED) is 0.227. The number of piperazine rings is 1. The summed E-state index contributed by atoms with van der Waals surface area (Å²) in [6.07, 6.45) is -0.990. The van der Waals surface area contributed by atoms with Crippen molar-refractivity contribution >= 4 is 34.1 Å². The number of hydrogen-bond donors (Lipinski definition) is 1. The van der Waals surface area contributed by atoms with Crippen LogP contribution in [0.4, 0.5) is 13.2 Å². The molecule has 0 unspecified atom stereocenters. The first kappa shape index (κ1) is 28.8. The van der Waals surface area contributed by atoms with E-state index < -0.39 is 6.36 Å². The maximum absolute atomic E-state index is 12.6. The highest BCUT2D eigenvalue weighted by Crippen LogP contribution is 2.30. The van der Waals surface area contributed by atoms with E-state index in [0.29, 0.717) is 16.6 Å². The second-order valence-corrected chi connectivity index (χ2v) is 10.9. The van der Waals surface area contributed by atoms with Crippen LogP contribution in [-0.2, 0) is 19.5 Å². The Bertz CT molecular complexity index is 1430. The lowest BCUT2D eigenvalue weighted by molar-refractivity contribution is -0.274. The van der Waals surface area contributed by atoms with Gasteiger partial charge < -0.3 is 15.0 Å². The molecule has 0 atom stereocenters. The van der Waals surface area contributed by atoms with Gasteiger partial charge in [0.15, 0.2) is 0 Å². The van der Waals surface area contributed by atoms with Crippen LogP contribution in [0.1, 0.15) is 23.1 Å². The van der Waals surface area contributed by atoms with Crippen molar-refractivity contribution in [2.45, 2.75) is 32.3 Å². The Hall–Kier alpha value is -2.75. The normalized spacial score (nSPS) is 15.2. The second-order valence-electron chi connectivity index (χ2n) is 10.1. The van der Waals surface area contributed by atoms with E-state index in [4.69, 9.17) is 28.9 Å². The van der Waals surface area contributed by atoms with Crippen molar-refractivity contribution in [1.29, 1.82) is 0 Å². The summed E-state index contributed by atoms with van der Waals surface area (Å²) >= 11 is 12.7. The summed E-state index contributed by atoms with van der Waals surface area (Å²) in [6.45, 7) is 5.78. The molecule has 0 spiro atoms. The third-order valence-electron chi connectivity index (χ3n) is 7.27. The number of rotatable bonds is 9. The van der Waals surface area contributed by atoms with Crippen molar-refractivity contribution in [1.82, 2.24) is 14.4 Å². The number of aromatic nitrogens is 1. The molecule has 212 valence electrons. The maximum Gasteiger partial charge on any atom is 0.573 e. The van der Waals surface area contributed by atoms with E-state index in [0.717, 1.165) is 79.8 Å². The molecule has 1 aliphatic rings. The summed E-state index contributed by atoms with van der Waals surface area (Å²) in [6, 6.07) is 18.1. The van der Waals surface area contributed by atoms with Crippen LogP contribution in [0.15, 0.2) is 66.9 Å². The molecule has 10 heteroatoms. The zero-order valence-corrected chi connectivity index (χ0v) is 23.4. The Balaban J connectivity index is 1.32. The fraction of sp³-hybridized carbons (Fsp3) is 0.333. The summed E-state index contributed by atoms with van der Waals surface area (Å²) in [4.78, 5) is 4.80. The van der Waals surface area contributed by atoms with Crippen LogP contribution in [0.25, 0.3) is 16.6 Å². The summed E-state index contributed by atoms with van der Waals surface area (Å²) in [5, 5.41) is 2.51. The molecule has 0 amide bonds. The first-order chi connectivity index (χ1) is 19.2. The molecule has 0 radical (unpaired) electrons. The van der Waals surface area contributed by atoms with E-state index >= 15 is 0 Å².